The minimum Gasteiger partial charge on any atom is -0.381 e. The molecule has 0 bridgehead atoms. The molecule has 1 aromatic carbocycles. The van der Waals surface area contributed by atoms with Gasteiger partial charge in [-0.05, 0) is 38.5 Å². The van der Waals surface area contributed by atoms with Crippen LogP contribution in [0.1, 0.15) is 66.4 Å². The van der Waals surface area contributed by atoms with E-state index in [0.717, 1.165) is 42.8 Å². The predicted molar refractivity (Wildman–Crippen MR) is 128 cm³/mol. The van der Waals surface area contributed by atoms with Crippen LogP contribution in [-0.4, -0.2) is 47.0 Å². The van der Waals surface area contributed by atoms with Crippen molar-refractivity contribution in [3.8, 4) is 0 Å². The third kappa shape index (κ3) is 5.23. The minimum absolute atomic E-state index is 0.0121. The number of nitrogens with one attached hydrogen (secondary N) is 2. The molecule has 0 unspecified atom stereocenters. The quantitative estimate of drug-likeness (QED) is 0.469. The van der Waals surface area contributed by atoms with E-state index in [1.807, 2.05) is 0 Å². The second-order valence-electron chi connectivity index (χ2n) is 10.2. The van der Waals surface area contributed by atoms with E-state index < -0.39 is 41.2 Å². The number of nitrogens with zero attached hydrogens (tertiary/aromatic N) is 2. The minimum atomic E-state index is -3.01. The van der Waals surface area contributed by atoms with Gasteiger partial charge >= 0.3 is 0 Å². The summed E-state index contributed by atoms with van der Waals surface area (Å²) < 4.78 is 69.1. The molecule has 2 heterocycles. The van der Waals surface area contributed by atoms with Crippen LogP contribution in [0.5, 0.6) is 0 Å². The molecule has 3 fully saturated rings. The molecular formula is C26H29F5N4O2. The molecule has 200 valence electrons. The highest BCUT2D eigenvalue weighted by Crippen LogP contribution is 2.48. The van der Waals surface area contributed by atoms with E-state index in [9.17, 15) is 31.5 Å². The van der Waals surface area contributed by atoms with Gasteiger partial charge in [0.1, 0.15) is 11.4 Å². The van der Waals surface area contributed by atoms with E-state index in [1.54, 1.807) is 0 Å². The van der Waals surface area contributed by atoms with E-state index in [1.165, 1.54) is 31.0 Å². The standard InChI is InChI=1S/C26H29F5N4O2/c27-22-15(2-1-3-18(22)23(28)29)13-32-24(37)19-14-35(26(8-9-26)25(30)31)21(36)12-20(19)33-16-6-10-34(11-7-16)17-4-5-17/h1-3,12,14,16-17,23,25,33H,4-11,13H2,(H,32,37). The molecule has 3 aliphatic rings. The van der Waals surface area contributed by atoms with Gasteiger partial charge in [-0.1, -0.05) is 18.2 Å². The Morgan fingerprint density at radius 2 is 1.78 bits per heavy atom. The first-order valence-electron chi connectivity index (χ1n) is 12.6. The average molecular weight is 525 g/mol. The van der Waals surface area contributed by atoms with Gasteiger partial charge in [-0.15, -0.1) is 0 Å². The van der Waals surface area contributed by atoms with E-state index in [-0.39, 0.29) is 42.2 Å². The lowest BCUT2D eigenvalue weighted by atomic mass is 10.0. The molecule has 2 aliphatic carbocycles. The van der Waals surface area contributed by atoms with Crippen molar-refractivity contribution in [3.05, 3.63) is 63.3 Å². The summed E-state index contributed by atoms with van der Waals surface area (Å²) in [6.45, 7) is 1.38. The van der Waals surface area contributed by atoms with Crippen LogP contribution in [0.4, 0.5) is 27.6 Å². The van der Waals surface area contributed by atoms with Crippen molar-refractivity contribution < 1.29 is 26.7 Å². The Bertz CT molecular complexity index is 1220. The molecule has 1 amide bonds. The lowest BCUT2D eigenvalue weighted by Crippen LogP contribution is -2.41. The number of carbonyl (C=O) groups is 1. The topological polar surface area (TPSA) is 66.4 Å². The number of halogens is 5. The fourth-order valence-corrected chi connectivity index (χ4v) is 5.12. The van der Waals surface area contributed by atoms with Crippen molar-refractivity contribution in [2.75, 3.05) is 18.4 Å². The number of likely N-dealkylation sites (tertiary alicyclic amines) is 1. The highest BCUT2D eigenvalue weighted by atomic mass is 19.3. The Kier molecular flexibility index (Phi) is 6.99. The fraction of sp³-hybridized carbons (Fsp3) is 0.538. The number of amides is 1. The van der Waals surface area contributed by atoms with Gasteiger partial charge in [-0.2, -0.15) is 0 Å². The second kappa shape index (κ2) is 10.1. The molecule has 11 heteroatoms. The molecule has 1 saturated heterocycles. The summed E-state index contributed by atoms with van der Waals surface area (Å²) in [5.41, 5.74) is -2.99. The molecule has 0 radical (unpaired) electrons. The summed E-state index contributed by atoms with van der Waals surface area (Å²) in [5, 5.41) is 5.75. The van der Waals surface area contributed by atoms with E-state index in [0.29, 0.717) is 6.04 Å². The van der Waals surface area contributed by atoms with Crippen LogP contribution in [0.25, 0.3) is 0 Å². The maximum atomic E-state index is 14.5. The fourth-order valence-electron chi connectivity index (χ4n) is 5.12. The van der Waals surface area contributed by atoms with Crippen LogP contribution in [0, 0.1) is 5.82 Å². The Labute approximate surface area is 210 Å². The van der Waals surface area contributed by atoms with Crippen LogP contribution < -0.4 is 16.2 Å². The maximum absolute atomic E-state index is 14.5. The summed E-state index contributed by atoms with van der Waals surface area (Å²) in [6, 6.07) is 5.32. The Morgan fingerprint density at radius 1 is 1.08 bits per heavy atom. The molecule has 0 atom stereocenters. The smallest absolute Gasteiger partial charge is 0.266 e. The zero-order chi connectivity index (χ0) is 26.3. The summed E-state index contributed by atoms with van der Waals surface area (Å²) in [6.07, 6.45) is -0.415. The molecule has 2 saturated carbocycles. The molecule has 2 aromatic rings. The third-order valence-electron chi connectivity index (χ3n) is 7.68. The number of piperidine rings is 1. The molecular weight excluding hydrogens is 495 g/mol. The molecule has 37 heavy (non-hydrogen) atoms. The van der Waals surface area contributed by atoms with Gasteiger partial charge in [-0.3, -0.25) is 9.59 Å². The molecule has 6 nitrogen and oxygen atoms in total. The normalized spacial score (nSPS) is 19.9. The van der Waals surface area contributed by atoms with Crippen LogP contribution in [0.15, 0.2) is 35.3 Å². The Balaban J connectivity index is 1.39. The lowest BCUT2D eigenvalue weighted by molar-refractivity contribution is 0.0648. The highest BCUT2D eigenvalue weighted by molar-refractivity contribution is 5.99. The average Bonchev–Trinajstić information content (AvgIpc) is 3.78. The van der Waals surface area contributed by atoms with Crippen LogP contribution in [-0.2, 0) is 12.1 Å². The summed E-state index contributed by atoms with van der Waals surface area (Å²) in [4.78, 5) is 28.5. The molecule has 0 spiro atoms. The molecule has 1 aliphatic heterocycles. The van der Waals surface area contributed by atoms with Gasteiger partial charge in [0.2, 0.25) is 0 Å². The molecule has 5 rings (SSSR count). The lowest BCUT2D eigenvalue weighted by Gasteiger charge is -2.33. The first kappa shape index (κ1) is 25.7. The number of hydrogen-bond acceptors (Lipinski definition) is 4. The van der Waals surface area contributed by atoms with Gasteiger partial charge in [0.05, 0.1) is 16.8 Å². The first-order chi connectivity index (χ1) is 17.7. The zero-order valence-corrected chi connectivity index (χ0v) is 20.2. The van der Waals surface area contributed by atoms with Gasteiger partial charge in [0.15, 0.2) is 0 Å². The van der Waals surface area contributed by atoms with Gasteiger partial charge < -0.3 is 20.1 Å². The Hall–Kier alpha value is -2.95. The van der Waals surface area contributed by atoms with Crippen molar-refractivity contribution >= 4 is 11.6 Å². The predicted octanol–water partition coefficient (Wildman–Crippen LogP) is 4.65. The summed E-state index contributed by atoms with van der Waals surface area (Å²) >= 11 is 0. The Morgan fingerprint density at radius 3 is 2.38 bits per heavy atom. The number of pyridine rings is 1. The number of carbonyl (C=O) groups excluding carboxylic acids is 1. The number of alkyl halides is 4. The van der Waals surface area contributed by atoms with Crippen molar-refractivity contribution in [3.63, 3.8) is 0 Å². The van der Waals surface area contributed by atoms with E-state index >= 15 is 0 Å². The third-order valence-corrected chi connectivity index (χ3v) is 7.68. The number of benzene rings is 1. The van der Waals surface area contributed by atoms with E-state index in [2.05, 4.69) is 15.5 Å². The largest absolute Gasteiger partial charge is 0.381 e. The number of aromatic nitrogens is 1. The summed E-state index contributed by atoms with van der Waals surface area (Å²) in [5.74, 6) is -1.84. The van der Waals surface area contributed by atoms with Gasteiger partial charge in [0.25, 0.3) is 24.3 Å². The van der Waals surface area contributed by atoms with Gasteiger partial charge in [0, 0.05) is 49.5 Å². The zero-order valence-electron chi connectivity index (χ0n) is 20.2. The second-order valence-corrected chi connectivity index (χ2v) is 10.2. The van der Waals surface area contributed by atoms with Crippen LogP contribution >= 0.6 is 0 Å². The van der Waals surface area contributed by atoms with Crippen LogP contribution in [0.2, 0.25) is 0 Å². The number of hydrogen-bond donors (Lipinski definition) is 2. The SMILES string of the molecule is O=C(NCc1cccc(C(F)F)c1F)c1cn(C2(C(F)F)CC2)c(=O)cc1NC1CCN(C2CC2)CC1. The van der Waals surface area contributed by atoms with Crippen molar-refractivity contribution in [2.45, 2.75) is 75.5 Å². The summed E-state index contributed by atoms with van der Waals surface area (Å²) in [7, 11) is 0. The maximum Gasteiger partial charge on any atom is 0.266 e. The molecule has 1 aromatic heterocycles. The first-order valence-corrected chi connectivity index (χ1v) is 12.6. The highest BCUT2D eigenvalue weighted by Gasteiger charge is 2.53. The monoisotopic (exact) mass is 524 g/mol. The molecule has 2 N–H and O–H groups in total. The van der Waals surface area contributed by atoms with Gasteiger partial charge in [-0.25, -0.2) is 22.0 Å². The van der Waals surface area contributed by atoms with Crippen molar-refractivity contribution in [2.24, 2.45) is 0 Å². The van der Waals surface area contributed by atoms with E-state index in [4.69, 9.17) is 0 Å². The van der Waals surface area contributed by atoms with Crippen LogP contribution in [0.3, 0.4) is 0 Å². The van der Waals surface area contributed by atoms with Crippen molar-refractivity contribution in [1.82, 2.24) is 14.8 Å². The number of rotatable bonds is 9. The number of anilines is 1. The van der Waals surface area contributed by atoms with Crippen molar-refractivity contribution in [1.29, 1.82) is 0 Å².